The normalized spacial score (nSPS) is 11.8. The van der Waals surface area contributed by atoms with Crippen molar-refractivity contribution in [3.8, 4) is 0 Å². The van der Waals surface area contributed by atoms with Gasteiger partial charge in [0, 0.05) is 17.8 Å². The van der Waals surface area contributed by atoms with E-state index in [1.165, 1.54) is 24.0 Å². The summed E-state index contributed by atoms with van der Waals surface area (Å²) < 4.78 is 5.73. The van der Waals surface area contributed by atoms with E-state index < -0.39 is 0 Å². The number of furan rings is 1. The molecule has 2 aromatic heterocycles. The number of aromatic amines is 1. The molecule has 6 heteroatoms. The zero-order chi connectivity index (χ0) is 14.6. The van der Waals surface area contributed by atoms with E-state index in [9.17, 15) is 4.79 Å². The first-order valence-electron chi connectivity index (χ1n) is 6.43. The van der Waals surface area contributed by atoms with Crippen molar-refractivity contribution in [2.45, 2.75) is 43.8 Å². The number of hydrogen-bond donors (Lipinski definition) is 2. The van der Waals surface area contributed by atoms with Gasteiger partial charge in [-0.2, -0.15) is 0 Å². The SMILES string of the molecule is CC(C)(C)NCc1ccc(CSc2nccc(=O)[nH]2)o1. The van der Waals surface area contributed by atoms with Crippen LogP contribution in [0.15, 0.2) is 38.8 Å². The maximum Gasteiger partial charge on any atom is 0.251 e. The average Bonchev–Trinajstić information content (AvgIpc) is 2.81. The molecule has 108 valence electrons. The van der Waals surface area contributed by atoms with Crippen LogP contribution in [0, 0.1) is 0 Å². The van der Waals surface area contributed by atoms with Gasteiger partial charge in [0.05, 0.1) is 12.3 Å². The van der Waals surface area contributed by atoms with Gasteiger partial charge < -0.3 is 14.7 Å². The Morgan fingerprint density at radius 1 is 1.30 bits per heavy atom. The van der Waals surface area contributed by atoms with Crippen LogP contribution in [0.4, 0.5) is 0 Å². The predicted molar refractivity (Wildman–Crippen MR) is 79.7 cm³/mol. The molecule has 0 unspecified atom stereocenters. The second-order valence-electron chi connectivity index (χ2n) is 5.50. The maximum atomic E-state index is 11.1. The van der Waals surface area contributed by atoms with Crippen molar-refractivity contribution in [2.75, 3.05) is 0 Å². The Hall–Kier alpha value is -1.53. The fourth-order valence-corrected chi connectivity index (χ4v) is 2.25. The van der Waals surface area contributed by atoms with Gasteiger partial charge in [0.1, 0.15) is 11.5 Å². The Bertz CT molecular complexity index is 613. The lowest BCUT2D eigenvalue weighted by atomic mass is 10.1. The highest BCUT2D eigenvalue weighted by Gasteiger charge is 2.10. The van der Waals surface area contributed by atoms with Gasteiger partial charge in [0.25, 0.3) is 5.56 Å². The maximum absolute atomic E-state index is 11.1. The van der Waals surface area contributed by atoms with Crippen LogP contribution in [-0.4, -0.2) is 15.5 Å². The third kappa shape index (κ3) is 4.86. The minimum atomic E-state index is -0.142. The van der Waals surface area contributed by atoms with Crippen LogP contribution < -0.4 is 10.9 Å². The molecule has 0 amide bonds. The lowest BCUT2D eigenvalue weighted by molar-refractivity contribution is 0.382. The first-order valence-corrected chi connectivity index (χ1v) is 7.42. The van der Waals surface area contributed by atoms with Crippen molar-refractivity contribution in [3.63, 3.8) is 0 Å². The average molecular weight is 293 g/mol. The number of rotatable bonds is 5. The summed E-state index contributed by atoms with van der Waals surface area (Å²) in [5, 5.41) is 3.97. The Kier molecular flexibility index (Phi) is 4.67. The fourth-order valence-electron chi connectivity index (χ4n) is 1.51. The Morgan fingerprint density at radius 3 is 2.75 bits per heavy atom. The second kappa shape index (κ2) is 6.28. The highest BCUT2D eigenvalue weighted by Crippen LogP contribution is 2.19. The van der Waals surface area contributed by atoms with E-state index in [4.69, 9.17) is 4.42 Å². The van der Waals surface area contributed by atoms with Gasteiger partial charge >= 0.3 is 0 Å². The van der Waals surface area contributed by atoms with Crippen LogP contribution >= 0.6 is 11.8 Å². The van der Waals surface area contributed by atoms with Crippen LogP contribution in [0.5, 0.6) is 0 Å². The van der Waals surface area contributed by atoms with Crippen molar-refractivity contribution < 1.29 is 4.42 Å². The molecule has 2 N–H and O–H groups in total. The summed E-state index contributed by atoms with van der Waals surface area (Å²) in [6.45, 7) is 7.05. The fraction of sp³-hybridized carbons (Fsp3) is 0.429. The van der Waals surface area contributed by atoms with E-state index >= 15 is 0 Å². The van der Waals surface area contributed by atoms with Gasteiger partial charge in [0.15, 0.2) is 5.16 Å². The Morgan fingerprint density at radius 2 is 2.05 bits per heavy atom. The number of aromatic nitrogens is 2. The zero-order valence-electron chi connectivity index (χ0n) is 11.9. The Balaban J connectivity index is 1.88. The minimum Gasteiger partial charge on any atom is -0.464 e. The quantitative estimate of drug-likeness (QED) is 0.655. The molecular formula is C14H19N3O2S. The van der Waals surface area contributed by atoms with E-state index in [-0.39, 0.29) is 11.1 Å². The van der Waals surface area contributed by atoms with Crippen LogP contribution in [-0.2, 0) is 12.3 Å². The van der Waals surface area contributed by atoms with Crippen LogP contribution in [0.3, 0.4) is 0 Å². The van der Waals surface area contributed by atoms with E-state index in [2.05, 4.69) is 36.1 Å². The molecule has 0 bridgehead atoms. The number of nitrogens with zero attached hydrogens (tertiary/aromatic N) is 1. The molecule has 0 fully saturated rings. The van der Waals surface area contributed by atoms with Gasteiger partial charge in [-0.1, -0.05) is 11.8 Å². The molecule has 20 heavy (non-hydrogen) atoms. The first kappa shape index (κ1) is 14.9. The summed E-state index contributed by atoms with van der Waals surface area (Å²) in [6.07, 6.45) is 1.50. The van der Waals surface area contributed by atoms with Crippen molar-refractivity contribution in [3.05, 3.63) is 46.3 Å². The number of H-pyrrole nitrogens is 1. The molecule has 5 nitrogen and oxygen atoms in total. The van der Waals surface area contributed by atoms with Gasteiger partial charge in [-0.15, -0.1) is 0 Å². The topological polar surface area (TPSA) is 70.9 Å². The lowest BCUT2D eigenvalue weighted by Crippen LogP contribution is -2.34. The molecule has 0 radical (unpaired) electrons. The van der Waals surface area contributed by atoms with Gasteiger partial charge in [-0.05, 0) is 32.9 Å². The Labute approximate surface area is 122 Å². The van der Waals surface area contributed by atoms with Crippen molar-refractivity contribution in [2.24, 2.45) is 0 Å². The standard InChI is InChI=1S/C14H19N3O2S/c1-14(2,3)16-8-10-4-5-11(19-10)9-20-13-15-7-6-12(18)17-13/h4-7,16H,8-9H2,1-3H3,(H,15,17,18). The number of nitrogens with one attached hydrogen (secondary N) is 2. The summed E-state index contributed by atoms with van der Waals surface area (Å²) in [6, 6.07) is 5.32. The van der Waals surface area contributed by atoms with Crippen molar-refractivity contribution in [1.29, 1.82) is 0 Å². The molecule has 2 aromatic rings. The highest BCUT2D eigenvalue weighted by atomic mass is 32.2. The van der Waals surface area contributed by atoms with Crippen LogP contribution in [0.2, 0.25) is 0 Å². The molecule has 0 atom stereocenters. The van der Waals surface area contributed by atoms with E-state index in [1.807, 2.05) is 12.1 Å². The molecule has 0 saturated carbocycles. The lowest BCUT2D eigenvalue weighted by Gasteiger charge is -2.19. The summed E-state index contributed by atoms with van der Waals surface area (Å²) in [4.78, 5) is 17.9. The molecule has 2 rings (SSSR count). The molecule has 0 aliphatic carbocycles. The van der Waals surface area contributed by atoms with E-state index in [1.54, 1.807) is 0 Å². The van der Waals surface area contributed by atoms with Crippen molar-refractivity contribution >= 4 is 11.8 Å². The van der Waals surface area contributed by atoms with Crippen LogP contribution in [0.1, 0.15) is 32.3 Å². The smallest absolute Gasteiger partial charge is 0.251 e. The third-order valence-corrected chi connectivity index (χ3v) is 3.42. The first-order chi connectivity index (χ1) is 9.42. The molecular weight excluding hydrogens is 274 g/mol. The molecule has 0 saturated heterocycles. The highest BCUT2D eigenvalue weighted by molar-refractivity contribution is 7.98. The second-order valence-corrected chi connectivity index (χ2v) is 6.46. The largest absolute Gasteiger partial charge is 0.464 e. The summed E-state index contributed by atoms with van der Waals surface area (Å²) in [5.74, 6) is 2.42. The summed E-state index contributed by atoms with van der Waals surface area (Å²) in [7, 11) is 0. The summed E-state index contributed by atoms with van der Waals surface area (Å²) >= 11 is 1.44. The van der Waals surface area contributed by atoms with Gasteiger partial charge in [-0.3, -0.25) is 4.79 Å². The third-order valence-electron chi connectivity index (χ3n) is 2.51. The number of thioether (sulfide) groups is 1. The molecule has 0 spiro atoms. The van der Waals surface area contributed by atoms with Crippen LogP contribution in [0.25, 0.3) is 0 Å². The van der Waals surface area contributed by atoms with E-state index in [0.717, 1.165) is 11.5 Å². The van der Waals surface area contributed by atoms with Gasteiger partial charge in [-0.25, -0.2) is 4.98 Å². The number of hydrogen-bond acceptors (Lipinski definition) is 5. The van der Waals surface area contributed by atoms with Crippen molar-refractivity contribution in [1.82, 2.24) is 15.3 Å². The molecule has 0 aromatic carbocycles. The minimum absolute atomic E-state index is 0.0646. The van der Waals surface area contributed by atoms with Gasteiger partial charge in [0.2, 0.25) is 0 Å². The zero-order valence-corrected chi connectivity index (χ0v) is 12.7. The predicted octanol–water partition coefficient (Wildman–Crippen LogP) is 2.54. The van der Waals surface area contributed by atoms with E-state index in [0.29, 0.717) is 17.5 Å². The monoisotopic (exact) mass is 293 g/mol. The molecule has 0 aliphatic heterocycles. The molecule has 0 aliphatic rings. The summed E-state index contributed by atoms with van der Waals surface area (Å²) in [5.41, 5.74) is -0.0770. The molecule has 2 heterocycles.